The predicted octanol–water partition coefficient (Wildman–Crippen LogP) is 0.801. The lowest BCUT2D eigenvalue weighted by Crippen LogP contribution is -2.18. The van der Waals surface area contributed by atoms with E-state index in [9.17, 15) is 4.79 Å². The number of nitrogens with two attached hydrogens (primary N) is 1. The van der Waals surface area contributed by atoms with Crippen molar-refractivity contribution in [3.05, 3.63) is 35.8 Å². The summed E-state index contributed by atoms with van der Waals surface area (Å²) in [5.74, 6) is 0.175. The molecule has 2 rings (SSSR count). The molecule has 0 amide bonds. The van der Waals surface area contributed by atoms with Gasteiger partial charge in [-0.15, -0.1) is 0 Å². The van der Waals surface area contributed by atoms with Crippen molar-refractivity contribution < 1.29 is 4.79 Å². The molecule has 0 atom stereocenters. The standard InChI is InChI=1S/C10H12N4O/c1-7-6-12-14(9(7)11)10(15)8-4-3-5-13(8)2/h3-6H,11H2,1-2H3. The van der Waals surface area contributed by atoms with Crippen molar-refractivity contribution in [1.29, 1.82) is 0 Å². The van der Waals surface area contributed by atoms with Gasteiger partial charge in [-0.25, -0.2) is 0 Å². The van der Waals surface area contributed by atoms with E-state index in [1.54, 1.807) is 36.1 Å². The van der Waals surface area contributed by atoms with Crippen molar-refractivity contribution in [2.24, 2.45) is 7.05 Å². The number of aryl methyl sites for hydroxylation is 2. The van der Waals surface area contributed by atoms with Crippen molar-refractivity contribution in [2.75, 3.05) is 5.73 Å². The molecule has 0 saturated heterocycles. The van der Waals surface area contributed by atoms with E-state index in [4.69, 9.17) is 5.73 Å². The van der Waals surface area contributed by atoms with E-state index >= 15 is 0 Å². The summed E-state index contributed by atoms with van der Waals surface area (Å²) >= 11 is 0. The number of nitrogens with zero attached hydrogens (tertiary/aromatic N) is 3. The molecule has 78 valence electrons. The van der Waals surface area contributed by atoms with Crippen LogP contribution in [0.2, 0.25) is 0 Å². The second-order valence-corrected chi connectivity index (χ2v) is 3.43. The molecule has 2 aromatic heterocycles. The summed E-state index contributed by atoms with van der Waals surface area (Å²) in [5, 5.41) is 3.94. The highest BCUT2D eigenvalue weighted by molar-refractivity contribution is 5.95. The van der Waals surface area contributed by atoms with Crippen molar-refractivity contribution in [2.45, 2.75) is 6.92 Å². The predicted molar refractivity (Wildman–Crippen MR) is 56.5 cm³/mol. The van der Waals surface area contributed by atoms with Gasteiger partial charge in [0.1, 0.15) is 11.5 Å². The molecule has 5 heteroatoms. The SMILES string of the molecule is Cc1cnn(C(=O)c2cccn2C)c1N. The Labute approximate surface area is 87.1 Å². The van der Waals surface area contributed by atoms with Gasteiger partial charge in [0.2, 0.25) is 0 Å². The minimum Gasteiger partial charge on any atom is -0.383 e. The van der Waals surface area contributed by atoms with Crippen molar-refractivity contribution in [3.8, 4) is 0 Å². The summed E-state index contributed by atoms with van der Waals surface area (Å²) in [5.41, 5.74) is 7.09. The lowest BCUT2D eigenvalue weighted by atomic mass is 10.3. The van der Waals surface area contributed by atoms with E-state index in [0.29, 0.717) is 11.5 Å². The zero-order valence-electron chi connectivity index (χ0n) is 8.64. The lowest BCUT2D eigenvalue weighted by Gasteiger charge is -2.04. The Balaban J connectivity index is 2.46. The van der Waals surface area contributed by atoms with E-state index in [2.05, 4.69) is 5.10 Å². The summed E-state index contributed by atoms with van der Waals surface area (Å²) in [7, 11) is 1.81. The first kappa shape index (κ1) is 9.51. The van der Waals surface area contributed by atoms with Crippen LogP contribution in [-0.2, 0) is 7.05 Å². The smallest absolute Gasteiger partial charge is 0.296 e. The fraction of sp³-hybridized carbons (Fsp3) is 0.200. The number of nitrogen functional groups attached to an aromatic ring is 1. The zero-order valence-corrected chi connectivity index (χ0v) is 8.64. The molecule has 0 aromatic carbocycles. The monoisotopic (exact) mass is 204 g/mol. The second kappa shape index (κ2) is 3.27. The Morgan fingerprint density at radius 2 is 2.27 bits per heavy atom. The minimum atomic E-state index is -0.215. The van der Waals surface area contributed by atoms with E-state index in [1.165, 1.54) is 4.68 Å². The topological polar surface area (TPSA) is 65.8 Å². The molecule has 0 aliphatic heterocycles. The van der Waals surface area contributed by atoms with Crippen LogP contribution < -0.4 is 5.73 Å². The van der Waals surface area contributed by atoms with Gasteiger partial charge in [-0.05, 0) is 19.1 Å². The molecule has 2 N–H and O–H groups in total. The first-order valence-corrected chi connectivity index (χ1v) is 4.57. The Morgan fingerprint density at radius 3 is 2.73 bits per heavy atom. The van der Waals surface area contributed by atoms with Crippen LogP contribution in [0.1, 0.15) is 16.1 Å². The largest absolute Gasteiger partial charge is 0.383 e. The Bertz CT molecular complexity index is 509. The summed E-state index contributed by atoms with van der Waals surface area (Å²) < 4.78 is 2.95. The molecule has 2 heterocycles. The molecular weight excluding hydrogens is 192 g/mol. The number of carbonyl (C=O) groups excluding carboxylic acids is 1. The maximum absolute atomic E-state index is 12.0. The van der Waals surface area contributed by atoms with E-state index in [1.807, 2.05) is 6.92 Å². The maximum Gasteiger partial charge on any atom is 0.296 e. The average molecular weight is 204 g/mol. The van der Waals surface area contributed by atoms with Gasteiger partial charge in [0.05, 0.1) is 6.20 Å². The van der Waals surface area contributed by atoms with E-state index in [-0.39, 0.29) is 5.91 Å². The molecule has 0 spiro atoms. The van der Waals surface area contributed by atoms with Crippen LogP contribution in [0.3, 0.4) is 0 Å². The Hall–Kier alpha value is -2.04. The van der Waals surface area contributed by atoms with Crippen LogP contribution in [0.5, 0.6) is 0 Å². The highest BCUT2D eigenvalue weighted by Crippen LogP contribution is 2.11. The van der Waals surface area contributed by atoms with E-state index in [0.717, 1.165) is 5.56 Å². The van der Waals surface area contributed by atoms with Gasteiger partial charge in [0.15, 0.2) is 0 Å². The zero-order chi connectivity index (χ0) is 11.0. The normalized spacial score (nSPS) is 10.5. The number of hydrogen-bond donors (Lipinski definition) is 1. The third-order valence-corrected chi connectivity index (χ3v) is 2.35. The van der Waals surface area contributed by atoms with Gasteiger partial charge < -0.3 is 10.3 Å². The lowest BCUT2D eigenvalue weighted by molar-refractivity contribution is 0.0940. The molecule has 15 heavy (non-hydrogen) atoms. The number of anilines is 1. The summed E-state index contributed by atoms with van der Waals surface area (Å²) in [6.07, 6.45) is 3.38. The molecular formula is C10H12N4O. The minimum absolute atomic E-state index is 0.215. The molecule has 0 aliphatic rings. The number of hydrogen-bond acceptors (Lipinski definition) is 3. The van der Waals surface area contributed by atoms with Gasteiger partial charge in [-0.1, -0.05) is 0 Å². The van der Waals surface area contributed by atoms with Crippen molar-refractivity contribution in [3.63, 3.8) is 0 Å². The first-order chi connectivity index (χ1) is 7.11. The molecule has 0 fully saturated rings. The molecule has 0 radical (unpaired) electrons. The van der Waals surface area contributed by atoms with Crippen LogP contribution in [0, 0.1) is 6.92 Å². The number of rotatable bonds is 1. The number of carbonyl (C=O) groups is 1. The van der Waals surface area contributed by atoms with E-state index < -0.39 is 0 Å². The molecule has 0 aliphatic carbocycles. The number of aromatic nitrogens is 3. The van der Waals surface area contributed by atoms with Crippen LogP contribution in [0.25, 0.3) is 0 Å². The Kier molecular flexibility index (Phi) is 2.07. The average Bonchev–Trinajstić information content (AvgIpc) is 2.75. The first-order valence-electron chi connectivity index (χ1n) is 4.57. The quantitative estimate of drug-likeness (QED) is 0.747. The second-order valence-electron chi connectivity index (χ2n) is 3.43. The summed E-state index contributed by atoms with van der Waals surface area (Å²) in [6, 6.07) is 3.54. The third-order valence-electron chi connectivity index (χ3n) is 2.35. The van der Waals surface area contributed by atoms with Gasteiger partial charge >= 0.3 is 0 Å². The molecule has 2 aromatic rings. The van der Waals surface area contributed by atoms with Gasteiger partial charge in [0.25, 0.3) is 5.91 Å². The van der Waals surface area contributed by atoms with Crippen LogP contribution >= 0.6 is 0 Å². The molecule has 0 unspecified atom stereocenters. The van der Waals surface area contributed by atoms with Crippen molar-refractivity contribution in [1.82, 2.24) is 14.3 Å². The van der Waals surface area contributed by atoms with Crippen molar-refractivity contribution >= 4 is 11.7 Å². The van der Waals surface area contributed by atoms with Gasteiger partial charge in [-0.2, -0.15) is 9.78 Å². The third kappa shape index (κ3) is 1.41. The fourth-order valence-corrected chi connectivity index (χ4v) is 1.39. The van der Waals surface area contributed by atoms with Crippen LogP contribution in [0.4, 0.5) is 5.82 Å². The van der Waals surface area contributed by atoms with Gasteiger partial charge in [0, 0.05) is 18.8 Å². The highest BCUT2D eigenvalue weighted by Gasteiger charge is 2.15. The highest BCUT2D eigenvalue weighted by atomic mass is 16.2. The maximum atomic E-state index is 12.0. The van der Waals surface area contributed by atoms with Crippen LogP contribution in [-0.4, -0.2) is 20.3 Å². The summed E-state index contributed by atoms with van der Waals surface area (Å²) in [6.45, 7) is 1.82. The molecule has 0 bridgehead atoms. The fourth-order valence-electron chi connectivity index (χ4n) is 1.39. The Morgan fingerprint density at radius 1 is 1.53 bits per heavy atom. The summed E-state index contributed by atoms with van der Waals surface area (Å²) in [4.78, 5) is 12.0. The van der Waals surface area contributed by atoms with Gasteiger partial charge in [-0.3, -0.25) is 4.79 Å². The van der Waals surface area contributed by atoms with Crippen LogP contribution in [0.15, 0.2) is 24.5 Å². The molecule has 0 saturated carbocycles. The molecule has 5 nitrogen and oxygen atoms in total.